The summed E-state index contributed by atoms with van der Waals surface area (Å²) in [6.07, 6.45) is 1.37. The van der Waals surface area contributed by atoms with Crippen LogP contribution in [-0.4, -0.2) is 38.2 Å². The van der Waals surface area contributed by atoms with Gasteiger partial charge in [0.2, 0.25) is 5.91 Å². The zero-order chi connectivity index (χ0) is 14.7. The number of fused-ring (bicyclic) bond motifs is 1. The molecule has 1 aliphatic rings. The van der Waals surface area contributed by atoms with Crippen LogP contribution >= 0.6 is 0 Å². The van der Waals surface area contributed by atoms with E-state index in [2.05, 4.69) is 5.10 Å². The smallest absolute Gasteiger partial charge is 0.303 e. The summed E-state index contributed by atoms with van der Waals surface area (Å²) >= 11 is 0. The standard InChI is InChI=1S/C14H21N3O3/c1-3-10(2)14(20)16-6-7-17-12(9-16)8-11(15-17)4-5-13(18)19/h8,10H,3-7,9H2,1-2H3,(H,18,19)/t10-/m0/s1. The van der Waals surface area contributed by atoms with Gasteiger partial charge in [0.05, 0.1) is 30.9 Å². The summed E-state index contributed by atoms with van der Waals surface area (Å²) < 4.78 is 1.89. The molecule has 0 radical (unpaired) electrons. The number of nitrogens with zero attached hydrogens (tertiary/aromatic N) is 3. The highest BCUT2D eigenvalue weighted by Crippen LogP contribution is 2.17. The van der Waals surface area contributed by atoms with Gasteiger partial charge in [0.1, 0.15) is 0 Å². The first-order chi connectivity index (χ1) is 9.51. The van der Waals surface area contributed by atoms with Gasteiger partial charge in [-0.3, -0.25) is 14.3 Å². The van der Waals surface area contributed by atoms with Crippen molar-refractivity contribution in [1.82, 2.24) is 14.7 Å². The Labute approximate surface area is 118 Å². The van der Waals surface area contributed by atoms with E-state index < -0.39 is 5.97 Å². The number of hydrogen-bond donors (Lipinski definition) is 1. The molecule has 0 aliphatic carbocycles. The number of amides is 1. The number of carbonyl (C=O) groups excluding carboxylic acids is 1. The third-order valence-corrected chi connectivity index (χ3v) is 3.79. The van der Waals surface area contributed by atoms with Crippen molar-refractivity contribution in [3.05, 3.63) is 17.5 Å². The van der Waals surface area contributed by atoms with E-state index >= 15 is 0 Å². The maximum Gasteiger partial charge on any atom is 0.303 e. The van der Waals surface area contributed by atoms with Crippen LogP contribution in [0.1, 0.15) is 38.1 Å². The third kappa shape index (κ3) is 3.18. The number of carboxylic acids is 1. The Balaban J connectivity index is 2.03. The Bertz CT molecular complexity index is 510. The molecule has 0 aromatic carbocycles. The zero-order valence-electron chi connectivity index (χ0n) is 12.0. The molecule has 6 nitrogen and oxygen atoms in total. The van der Waals surface area contributed by atoms with Gasteiger partial charge in [-0.15, -0.1) is 0 Å². The van der Waals surface area contributed by atoms with Crippen molar-refractivity contribution in [2.75, 3.05) is 6.54 Å². The first-order valence-electron chi connectivity index (χ1n) is 7.07. The SMILES string of the molecule is CC[C@H](C)C(=O)N1CCn2nc(CCC(=O)O)cc2C1. The van der Waals surface area contributed by atoms with Crippen molar-refractivity contribution in [2.45, 2.75) is 46.2 Å². The van der Waals surface area contributed by atoms with E-state index in [1.54, 1.807) is 0 Å². The van der Waals surface area contributed by atoms with Crippen molar-refractivity contribution in [1.29, 1.82) is 0 Å². The lowest BCUT2D eigenvalue weighted by atomic mass is 10.1. The second-order valence-electron chi connectivity index (χ2n) is 5.31. The van der Waals surface area contributed by atoms with Gasteiger partial charge in [0, 0.05) is 18.9 Å². The van der Waals surface area contributed by atoms with Crippen LogP contribution in [0.25, 0.3) is 0 Å². The predicted molar refractivity (Wildman–Crippen MR) is 73.1 cm³/mol. The molecule has 6 heteroatoms. The van der Waals surface area contributed by atoms with Gasteiger partial charge in [-0.25, -0.2) is 0 Å². The third-order valence-electron chi connectivity index (χ3n) is 3.79. The molecule has 2 heterocycles. The lowest BCUT2D eigenvalue weighted by molar-refractivity contribution is -0.137. The van der Waals surface area contributed by atoms with Gasteiger partial charge >= 0.3 is 5.97 Å². The Morgan fingerprint density at radius 3 is 2.85 bits per heavy atom. The molecular formula is C14H21N3O3. The van der Waals surface area contributed by atoms with Crippen molar-refractivity contribution in [3.63, 3.8) is 0 Å². The minimum Gasteiger partial charge on any atom is -0.481 e. The number of aryl methyl sites for hydroxylation is 1. The molecule has 2 rings (SSSR count). The Kier molecular flexibility index (Phi) is 4.42. The van der Waals surface area contributed by atoms with E-state index in [1.165, 1.54) is 0 Å². The molecule has 110 valence electrons. The summed E-state index contributed by atoms with van der Waals surface area (Å²) in [6, 6.07) is 1.92. The van der Waals surface area contributed by atoms with E-state index in [0.717, 1.165) is 17.8 Å². The van der Waals surface area contributed by atoms with E-state index in [1.807, 2.05) is 29.5 Å². The second kappa shape index (κ2) is 6.07. The van der Waals surface area contributed by atoms with Gasteiger partial charge in [-0.2, -0.15) is 5.10 Å². The molecule has 0 fully saturated rings. The number of hydrogen-bond acceptors (Lipinski definition) is 3. The van der Waals surface area contributed by atoms with Crippen molar-refractivity contribution < 1.29 is 14.7 Å². The van der Waals surface area contributed by atoms with Crippen molar-refractivity contribution >= 4 is 11.9 Å². The quantitative estimate of drug-likeness (QED) is 0.881. The van der Waals surface area contributed by atoms with Gasteiger partial charge in [-0.1, -0.05) is 13.8 Å². The molecule has 1 amide bonds. The van der Waals surface area contributed by atoms with Crippen LogP contribution in [-0.2, 0) is 29.1 Å². The van der Waals surface area contributed by atoms with Gasteiger partial charge in [0.15, 0.2) is 0 Å². The number of rotatable bonds is 5. The van der Waals surface area contributed by atoms with E-state index in [9.17, 15) is 9.59 Å². The molecule has 1 aromatic rings. The molecule has 1 aromatic heterocycles. The summed E-state index contributed by atoms with van der Waals surface area (Å²) in [7, 11) is 0. The first-order valence-corrected chi connectivity index (χ1v) is 7.07. The van der Waals surface area contributed by atoms with Crippen molar-refractivity contribution in [3.8, 4) is 0 Å². The minimum atomic E-state index is -0.815. The maximum atomic E-state index is 12.2. The van der Waals surface area contributed by atoms with E-state index in [0.29, 0.717) is 26.1 Å². The van der Waals surface area contributed by atoms with Crippen LogP contribution in [0.15, 0.2) is 6.07 Å². The number of aliphatic carboxylic acids is 1. The summed E-state index contributed by atoms with van der Waals surface area (Å²) in [4.78, 5) is 24.6. The summed E-state index contributed by atoms with van der Waals surface area (Å²) in [5, 5.41) is 13.1. The Morgan fingerprint density at radius 2 is 2.20 bits per heavy atom. The largest absolute Gasteiger partial charge is 0.481 e. The average molecular weight is 279 g/mol. The molecule has 0 unspecified atom stereocenters. The predicted octanol–water partition coefficient (Wildman–Crippen LogP) is 1.29. The lowest BCUT2D eigenvalue weighted by Crippen LogP contribution is -2.40. The summed E-state index contributed by atoms with van der Waals surface area (Å²) in [5.41, 5.74) is 1.79. The molecule has 0 spiro atoms. The minimum absolute atomic E-state index is 0.0518. The molecular weight excluding hydrogens is 258 g/mol. The number of aromatic nitrogens is 2. The molecule has 20 heavy (non-hydrogen) atoms. The molecule has 1 N–H and O–H groups in total. The molecule has 0 saturated carbocycles. The maximum absolute atomic E-state index is 12.2. The lowest BCUT2D eigenvalue weighted by Gasteiger charge is -2.29. The Hall–Kier alpha value is -1.85. The van der Waals surface area contributed by atoms with Gasteiger partial charge in [0.25, 0.3) is 0 Å². The monoisotopic (exact) mass is 279 g/mol. The highest BCUT2D eigenvalue weighted by atomic mass is 16.4. The van der Waals surface area contributed by atoms with E-state index in [-0.39, 0.29) is 18.2 Å². The molecule has 0 bridgehead atoms. The number of carboxylic acid groups (broad SMARTS) is 1. The topological polar surface area (TPSA) is 75.4 Å². The van der Waals surface area contributed by atoms with Crippen LogP contribution in [0.5, 0.6) is 0 Å². The van der Waals surface area contributed by atoms with Gasteiger partial charge in [-0.05, 0) is 12.5 Å². The first kappa shape index (κ1) is 14.6. The highest BCUT2D eigenvalue weighted by molar-refractivity contribution is 5.78. The normalized spacial score (nSPS) is 15.8. The Morgan fingerprint density at radius 1 is 1.45 bits per heavy atom. The van der Waals surface area contributed by atoms with Crippen LogP contribution in [0.3, 0.4) is 0 Å². The second-order valence-corrected chi connectivity index (χ2v) is 5.31. The highest BCUT2D eigenvalue weighted by Gasteiger charge is 2.24. The van der Waals surface area contributed by atoms with Crippen molar-refractivity contribution in [2.24, 2.45) is 5.92 Å². The fourth-order valence-corrected chi connectivity index (χ4v) is 2.36. The summed E-state index contributed by atoms with van der Waals surface area (Å²) in [5.74, 6) is -0.576. The fourth-order valence-electron chi connectivity index (χ4n) is 2.36. The van der Waals surface area contributed by atoms with Crippen LogP contribution < -0.4 is 0 Å². The summed E-state index contributed by atoms with van der Waals surface area (Å²) in [6.45, 7) is 5.90. The number of carbonyl (C=O) groups is 2. The molecule has 1 aliphatic heterocycles. The van der Waals surface area contributed by atoms with E-state index in [4.69, 9.17) is 5.11 Å². The van der Waals surface area contributed by atoms with Crippen LogP contribution in [0, 0.1) is 5.92 Å². The fraction of sp³-hybridized carbons (Fsp3) is 0.643. The zero-order valence-corrected chi connectivity index (χ0v) is 12.0. The van der Waals surface area contributed by atoms with Crippen LogP contribution in [0.2, 0.25) is 0 Å². The molecule has 1 atom stereocenters. The van der Waals surface area contributed by atoms with Crippen LogP contribution in [0.4, 0.5) is 0 Å². The average Bonchev–Trinajstić information content (AvgIpc) is 2.85. The molecule has 0 saturated heterocycles. The van der Waals surface area contributed by atoms with Gasteiger partial charge < -0.3 is 10.0 Å².